The van der Waals surface area contributed by atoms with Crippen LogP contribution in [-0.2, 0) is 0 Å². The van der Waals surface area contributed by atoms with Gasteiger partial charge >= 0.3 is 5.97 Å². The minimum absolute atomic E-state index is 0.163. The zero-order valence-corrected chi connectivity index (χ0v) is 12.8. The molecule has 0 saturated carbocycles. The van der Waals surface area contributed by atoms with Crippen LogP contribution >= 0.6 is 0 Å². The zero-order chi connectivity index (χ0) is 16.5. The number of fused-ring (bicyclic) bond motifs is 2. The Hall–Kier alpha value is -3.33. The van der Waals surface area contributed by atoms with Gasteiger partial charge in [-0.05, 0) is 35.0 Å². The van der Waals surface area contributed by atoms with Crippen molar-refractivity contribution in [2.75, 3.05) is 0 Å². The number of hydrogen-bond acceptors (Lipinski definition) is 3. The topological polar surface area (TPSA) is 46.5 Å². The number of phenolic OH excluding ortho intramolecular Hbond substituents is 1. The Morgan fingerprint density at radius 2 is 1.46 bits per heavy atom. The predicted molar refractivity (Wildman–Crippen MR) is 94.5 cm³/mol. The van der Waals surface area contributed by atoms with E-state index in [1.807, 2.05) is 54.6 Å². The van der Waals surface area contributed by atoms with Crippen LogP contribution in [0.2, 0.25) is 0 Å². The number of hydrogen-bond donors (Lipinski definition) is 1. The molecular weight excluding hydrogens is 300 g/mol. The minimum Gasteiger partial charge on any atom is -0.507 e. The van der Waals surface area contributed by atoms with Gasteiger partial charge in [0, 0.05) is 10.8 Å². The number of rotatable bonds is 2. The van der Waals surface area contributed by atoms with Gasteiger partial charge in [-0.25, -0.2) is 4.79 Å². The molecule has 0 heterocycles. The summed E-state index contributed by atoms with van der Waals surface area (Å²) in [5, 5.41) is 13.3. The Balaban J connectivity index is 1.72. The van der Waals surface area contributed by atoms with Gasteiger partial charge in [-0.2, -0.15) is 0 Å². The number of carbonyl (C=O) groups is 1. The quantitative estimate of drug-likeness (QED) is 0.422. The van der Waals surface area contributed by atoms with E-state index in [2.05, 4.69) is 0 Å². The maximum absolute atomic E-state index is 12.5. The Morgan fingerprint density at radius 1 is 0.750 bits per heavy atom. The molecule has 3 nitrogen and oxygen atoms in total. The lowest BCUT2D eigenvalue weighted by atomic mass is 10.1. The van der Waals surface area contributed by atoms with Crippen molar-refractivity contribution >= 4 is 27.5 Å². The summed E-state index contributed by atoms with van der Waals surface area (Å²) in [5.74, 6) is 0.175. The van der Waals surface area contributed by atoms with Crippen LogP contribution in [0.25, 0.3) is 21.5 Å². The number of aromatic hydroxyl groups is 1. The van der Waals surface area contributed by atoms with Gasteiger partial charge in [0.15, 0.2) is 0 Å². The molecule has 0 amide bonds. The third kappa shape index (κ3) is 2.46. The van der Waals surface area contributed by atoms with Crippen molar-refractivity contribution in [3.63, 3.8) is 0 Å². The van der Waals surface area contributed by atoms with Crippen molar-refractivity contribution in [1.82, 2.24) is 0 Å². The smallest absolute Gasteiger partial charge is 0.343 e. The van der Waals surface area contributed by atoms with Gasteiger partial charge in [0.05, 0.1) is 5.56 Å². The molecule has 3 heteroatoms. The maximum Gasteiger partial charge on any atom is 0.343 e. The van der Waals surface area contributed by atoms with Crippen LogP contribution in [-0.4, -0.2) is 11.1 Å². The van der Waals surface area contributed by atoms with E-state index >= 15 is 0 Å². The van der Waals surface area contributed by atoms with Crippen LogP contribution in [0, 0.1) is 0 Å². The number of ether oxygens (including phenoxy) is 1. The van der Waals surface area contributed by atoms with Gasteiger partial charge in [0.2, 0.25) is 0 Å². The number of esters is 1. The molecule has 1 N–H and O–H groups in total. The second-order valence-electron chi connectivity index (χ2n) is 5.58. The molecule has 0 fully saturated rings. The molecule has 0 atom stereocenters. The highest BCUT2D eigenvalue weighted by molar-refractivity contribution is 5.99. The highest BCUT2D eigenvalue weighted by Gasteiger charge is 2.12. The first kappa shape index (κ1) is 14.3. The molecule has 0 aromatic heterocycles. The number of phenols is 1. The van der Waals surface area contributed by atoms with Crippen molar-refractivity contribution in [1.29, 1.82) is 0 Å². The van der Waals surface area contributed by atoms with E-state index in [0.717, 1.165) is 10.8 Å². The molecule has 4 aromatic rings. The van der Waals surface area contributed by atoms with E-state index in [9.17, 15) is 9.90 Å². The highest BCUT2D eigenvalue weighted by atomic mass is 16.5. The molecule has 0 aliphatic heterocycles. The molecule has 0 aliphatic carbocycles. The Bertz CT molecular complexity index is 1070. The van der Waals surface area contributed by atoms with Crippen LogP contribution in [0.5, 0.6) is 11.5 Å². The average Bonchev–Trinajstić information content (AvgIpc) is 2.64. The molecule has 0 aliphatic rings. The van der Waals surface area contributed by atoms with E-state index < -0.39 is 5.97 Å². The van der Waals surface area contributed by atoms with Gasteiger partial charge < -0.3 is 9.84 Å². The van der Waals surface area contributed by atoms with Crippen LogP contribution in [0.3, 0.4) is 0 Å². The van der Waals surface area contributed by atoms with E-state index in [1.54, 1.807) is 18.2 Å². The summed E-state index contributed by atoms with van der Waals surface area (Å²) in [6.45, 7) is 0. The van der Waals surface area contributed by atoms with E-state index in [0.29, 0.717) is 22.1 Å². The predicted octanol–water partition coefficient (Wildman–Crippen LogP) is 4.92. The third-order valence-electron chi connectivity index (χ3n) is 4.05. The maximum atomic E-state index is 12.5. The fourth-order valence-electron chi connectivity index (χ4n) is 2.82. The van der Waals surface area contributed by atoms with Crippen molar-refractivity contribution in [2.24, 2.45) is 0 Å². The molecule has 24 heavy (non-hydrogen) atoms. The van der Waals surface area contributed by atoms with Gasteiger partial charge in [-0.3, -0.25) is 0 Å². The van der Waals surface area contributed by atoms with Crippen LogP contribution in [0.1, 0.15) is 10.4 Å². The van der Waals surface area contributed by atoms with Gasteiger partial charge in [-0.15, -0.1) is 0 Å². The molecular formula is C21H14O3. The van der Waals surface area contributed by atoms with Crippen molar-refractivity contribution < 1.29 is 14.6 Å². The molecule has 4 rings (SSSR count). The summed E-state index contributed by atoms with van der Waals surface area (Å²) in [6.07, 6.45) is 0. The summed E-state index contributed by atoms with van der Waals surface area (Å²) in [4.78, 5) is 12.5. The van der Waals surface area contributed by atoms with Crippen LogP contribution in [0.15, 0.2) is 78.9 Å². The van der Waals surface area contributed by atoms with E-state index in [-0.39, 0.29) is 5.75 Å². The van der Waals surface area contributed by atoms with E-state index in [4.69, 9.17) is 4.74 Å². The van der Waals surface area contributed by atoms with Gasteiger partial charge in [0.1, 0.15) is 11.5 Å². The van der Waals surface area contributed by atoms with Crippen molar-refractivity contribution in [3.05, 3.63) is 84.4 Å². The van der Waals surface area contributed by atoms with Gasteiger partial charge in [0.25, 0.3) is 0 Å². The Kier molecular flexibility index (Phi) is 3.39. The molecule has 116 valence electrons. The lowest BCUT2D eigenvalue weighted by Crippen LogP contribution is -2.08. The lowest BCUT2D eigenvalue weighted by Gasteiger charge is -2.09. The monoisotopic (exact) mass is 314 g/mol. The highest BCUT2D eigenvalue weighted by Crippen LogP contribution is 2.32. The Morgan fingerprint density at radius 3 is 2.29 bits per heavy atom. The zero-order valence-electron chi connectivity index (χ0n) is 12.8. The SMILES string of the molecule is O=C(Oc1ccc(O)c2ccccc12)c1ccc2ccccc2c1. The first-order chi connectivity index (χ1) is 11.7. The van der Waals surface area contributed by atoms with Crippen LogP contribution < -0.4 is 4.74 Å². The lowest BCUT2D eigenvalue weighted by molar-refractivity contribution is 0.0737. The summed E-state index contributed by atoms with van der Waals surface area (Å²) >= 11 is 0. The summed E-state index contributed by atoms with van der Waals surface area (Å²) in [7, 11) is 0. The summed E-state index contributed by atoms with van der Waals surface area (Å²) in [5.41, 5.74) is 0.492. The number of benzene rings is 4. The first-order valence-corrected chi connectivity index (χ1v) is 7.64. The van der Waals surface area contributed by atoms with Gasteiger partial charge in [-0.1, -0.05) is 54.6 Å². The molecule has 0 bridgehead atoms. The third-order valence-corrected chi connectivity index (χ3v) is 4.05. The standard InChI is InChI=1S/C21H14O3/c22-19-11-12-20(18-8-4-3-7-17(18)19)24-21(23)16-10-9-14-5-1-2-6-15(14)13-16/h1-13,22H. The first-order valence-electron chi connectivity index (χ1n) is 7.64. The molecule has 0 spiro atoms. The molecule has 0 unspecified atom stereocenters. The Labute approximate surface area is 138 Å². The summed E-state index contributed by atoms with van der Waals surface area (Å²) in [6, 6.07) is 23.8. The van der Waals surface area contributed by atoms with E-state index in [1.165, 1.54) is 6.07 Å². The minimum atomic E-state index is -0.420. The fraction of sp³-hybridized carbons (Fsp3) is 0. The van der Waals surface area contributed by atoms with Crippen molar-refractivity contribution in [3.8, 4) is 11.5 Å². The largest absolute Gasteiger partial charge is 0.507 e. The molecule has 0 saturated heterocycles. The second-order valence-corrected chi connectivity index (χ2v) is 5.58. The normalized spacial score (nSPS) is 10.8. The fourth-order valence-corrected chi connectivity index (χ4v) is 2.82. The number of carbonyl (C=O) groups excluding carboxylic acids is 1. The molecule has 4 aromatic carbocycles. The van der Waals surface area contributed by atoms with Crippen LogP contribution in [0.4, 0.5) is 0 Å². The second kappa shape index (κ2) is 5.70. The van der Waals surface area contributed by atoms with Crippen molar-refractivity contribution in [2.45, 2.75) is 0 Å². The molecule has 0 radical (unpaired) electrons. The average molecular weight is 314 g/mol. The summed E-state index contributed by atoms with van der Waals surface area (Å²) < 4.78 is 5.57.